The highest BCUT2D eigenvalue weighted by Crippen LogP contribution is 2.38. The zero-order valence-corrected chi connectivity index (χ0v) is 13.2. The first-order valence-corrected chi connectivity index (χ1v) is 7.46. The van der Waals surface area contributed by atoms with Crippen LogP contribution in [0.2, 0.25) is 0 Å². The first-order valence-electron chi connectivity index (χ1n) is 6.66. The third-order valence-electron chi connectivity index (χ3n) is 2.84. The van der Waals surface area contributed by atoms with Gasteiger partial charge >= 0.3 is 0 Å². The molecule has 1 aliphatic rings. The summed E-state index contributed by atoms with van der Waals surface area (Å²) in [6.45, 7) is 4.71. The minimum atomic E-state index is 0.599. The smallest absolute Gasteiger partial charge is 0.175 e. The summed E-state index contributed by atoms with van der Waals surface area (Å²) in [7, 11) is 1.67. The van der Waals surface area contributed by atoms with Gasteiger partial charge in [0.2, 0.25) is 0 Å². The molecule has 0 amide bonds. The highest BCUT2D eigenvalue weighted by molar-refractivity contribution is 9.10. The van der Waals surface area contributed by atoms with Crippen molar-refractivity contribution in [3.63, 3.8) is 0 Å². The second kappa shape index (κ2) is 8.46. The first-order chi connectivity index (χ1) is 9.81. The fourth-order valence-corrected chi connectivity index (χ4v) is 2.49. The first kappa shape index (κ1) is 15.6. The fourth-order valence-electron chi connectivity index (χ4n) is 1.89. The van der Waals surface area contributed by atoms with Crippen molar-refractivity contribution >= 4 is 15.9 Å². The van der Waals surface area contributed by atoms with E-state index in [-0.39, 0.29) is 0 Å². The molecule has 1 aliphatic heterocycles. The summed E-state index contributed by atoms with van der Waals surface area (Å²) < 4.78 is 22.4. The Morgan fingerprint density at radius 2 is 2.05 bits per heavy atom. The molecule has 0 aliphatic carbocycles. The highest BCUT2D eigenvalue weighted by Gasteiger charge is 2.15. The maximum Gasteiger partial charge on any atom is 0.175 e. The molecule has 0 bridgehead atoms. The van der Waals surface area contributed by atoms with Crippen molar-refractivity contribution in [2.75, 3.05) is 46.7 Å². The van der Waals surface area contributed by atoms with E-state index >= 15 is 0 Å². The lowest BCUT2D eigenvalue weighted by atomic mass is 10.2. The van der Waals surface area contributed by atoms with E-state index in [4.69, 9.17) is 18.9 Å². The van der Waals surface area contributed by atoms with Crippen LogP contribution in [-0.4, -0.2) is 46.7 Å². The summed E-state index contributed by atoms with van der Waals surface area (Å²) in [4.78, 5) is 0. The molecular weight excluding hydrogens is 326 g/mol. The molecule has 0 radical (unpaired) electrons. The minimum absolute atomic E-state index is 0.599. The molecule has 1 heterocycles. The van der Waals surface area contributed by atoms with Crippen LogP contribution in [0.5, 0.6) is 11.5 Å². The molecule has 112 valence electrons. The average molecular weight is 346 g/mol. The van der Waals surface area contributed by atoms with Gasteiger partial charge in [0.05, 0.1) is 24.3 Å². The van der Waals surface area contributed by atoms with E-state index in [1.54, 1.807) is 7.11 Å². The Bertz CT molecular complexity index is 428. The quantitative estimate of drug-likeness (QED) is 0.730. The molecule has 1 aromatic rings. The van der Waals surface area contributed by atoms with Gasteiger partial charge in [0.1, 0.15) is 13.2 Å². The zero-order chi connectivity index (χ0) is 14.2. The van der Waals surface area contributed by atoms with Crippen molar-refractivity contribution in [2.45, 2.75) is 6.54 Å². The second-order valence-corrected chi connectivity index (χ2v) is 5.24. The standard InChI is InChI=1S/C14H20BrNO4/c1-17-4-5-18-3-2-16-10-11-8-12(15)14-13(9-11)19-6-7-20-14/h8-9,16H,2-7,10H2,1H3. The molecule has 5 nitrogen and oxygen atoms in total. The minimum Gasteiger partial charge on any atom is -0.486 e. The van der Waals surface area contributed by atoms with Gasteiger partial charge in [-0.15, -0.1) is 0 Å². The van der Waals surface area contributed by atoms with E-state index in [9.17, 15) is 0 Å². The van der Waals surface area contributed by atoms with Crippen LogP contribution < -0.4 is 14.8 Å². The Balaban J connectivity index is 1.74. The fraction of sp³-hybridized carbons (Fsp3) is 0.571. The number of hydrogen-bond donors (Lipinski definition) is 1. The van der Waals surface area contributed by atoms with Crippen molar-refractivity contribution in [3.05, 3.63) is 22.2 Å². The van der Waals surface area contributed by atoms with Crippen molar-refractivity contribution in [2.24, 2.45) is 0 Å². The summed E-state index contributed by atoms with van der Waals surface area (Å²) in [5.74, 6) is 1.60. The molecule has 20 heavy (non-hydrogen) atoms. The molecule has 0 saturated heterocycles. The predicted molar refractivity (Wildman–Crippen MR) is 79.5 cm³/mol. The number of nitrogens with one attached hydrogen (secondary N) is 1. The topological polar surface area (TPSA) is 49.0 Å². The lowest BCUT2D eigenvalue weighted by molar-refractivity contribution is 0.0719. The van der Waals surface area contributed by atoms with Crippen LogP contribution in [0.4, 0.5) is 0 Å². The van der Waals surface area contributed by atoms with Crippen LogP contribution >= 0.6 is 15.9 Å². The molecule has 0 unspecified atom stereocenters. The Morgan fingerprint density at radius 3 is 2.90 bits per heavy atom. The van der Waals surface area contributed by atoms with Gasteiger partial charge < -0.3 is 24.3 Å². The summed E-state index contributed by atoms with van der Waals surface area (Å²) in [5, 5.41) is 3.33. The van der Waals surface area contributed by atoms with Crippen molar-refractivity contribution in [3.8, 4) is 11.5 Å². The van der Waals surface area contributed by atoms with Crippen molar-refractivity contribution < 1.29 is 18.9 Å². The lowest BCUT2D eigenvalue weighted by Crippen LogP contribution is -2.21. The molecule has 0 spiro atoms. The maximum atomic E-state index is 5.60. The number of hydrogen-bond acceptors (Lipinski definition) is 5. The maximum absolute atomic E-state index is 5.60. The Kier molecular flexibility index (Phi) is 6.59. The number of ether oxygens (including phenoxy) is 4. The molecule has 0 saturated carbocycles. The number of halogens is 1. The number of rotatable bonds is 8. The van der Waals surface area contributed by atoms with Gasteiger partial charge in [-0.2, -0.15) is 0 Å². The molecule has 0 aromatic heterocycles. The largest absolute Gasteiger partial charge is 0.486 e. The van der Waals surface area contributed by atoms with Crippen LogP contribution in [0.15, 0.2) is 16.6 Å². The van der Waals surface area contributed by atoms with Crippen LogP contribution in [-0.2, 0) is 16.0 Å². The number of benzene rings is 1. The van der Waals surface area contributed by atoms with E-state index in [1.807, 2.05) is 12.1 Å². The predicted octanol–water partition coefficient (Wildman–Crippen LogP) is 1.97. The third kappa shape index (κ3) is 4.63. The van der Waals surface area contributed by atoms with E-state index in [0.29, 0.717) is 33.0 Å². The van der Waals surface area contributed by atoms with E-state index < -0.39 is 0 Å². The summed E-state index contributed by atoms with van der Waals surface area (Å²) >= 11 is 3.51. The summed E-state index contributed by atoms with van der Waals surface area (Å²) in [5.41, 5.74) is 1.15. The summed E-state index contributed by atoms with van der Waals surface area (Å²) in [6, 6.07) is 4.06. The van der Waals surface area contributed by atoms with Gasteiger partial charge in [0.25, 0.3) is 0 Å². The molecule has 6 heteroatoms. The van der Waals surface area contributed by atoms with Gasteiger partial charge in [-0.25, -0.2) is 0 Å². The summed E-state index contributed by atoms with van der Waals surface area (Å²) in [6.07, 6.45) is 0. The molecule has 1 N–H and O–H groups in total. The Labute approximate surface area is 127 Å². The molecule has 0 atom stereocenters. The third-order valence-corrected chi connectivity index (χ3v) is 3.43. The van der Waals surface area contributed by atoms with Gasteiger partial charge in [-0.05, 0) is 33.6 Å². The molecule has 2 rings (SSSR count). The average Bonchev–Trinajstić information content (AvgIpc) is 2.46. The SMILES string of the molecule is COCCOCCNCc1cc(Br)c2c(c1)OCCO2. The second-order valence-electron chi connectivity index (χ2n) is 4.38. The number of methoxy groups -OCH3 is 1. The Hall–Kier alpha value is -0.820. The Morgan fingerprint density at radius 1 is 1.20 bits per heavy atom. The monoisotopic (exact) mass is 345 g/mol. The van der Waals surface area contributed by atoms with Gasteiger partial charge in [0, 0.05) is 20.2 Å². The van der Waals surface area contributed by atoms with Gasteiger partial charge in [-0.1, -0.05) is 0 Å². The van der Waals surface area contributed by atoms with Crippen LogP contribution in [0.3, 0.4) is 0 Å². The van der Waals surface area contributed by atoms with Crippen molar-refractivity contribution in [1.82, 2.24) is 5.32 Å². The lowest BCUT2D eigenvalue weighted by Gasteiger charge is -2.20. The van der Waals surface area contributed by atoms with Gasteiger partial charge in [0.15, 0.2) is 11.5 Å². The molecule has 1 aromatic carbocycles. The highest BCUT2D eigenvalue weighted by atomic mass is 79.9. The van der Waals surface area contributed by atoms with Gasteiger partial charge in [-0.3, -0.25) is 0 Å². The molecular formula is C14H20BrNO4. The number of fused-ring (bicyclic) bond motifs is 1. The van der Waals surface area contributed by atoms with Crippen LogP contribution in [0.1, 0.15) is 5.56 Å². The van der Waals surface area contributed by atoms with E-state index in [1.165, 1.54) is 0 Å². The van der Waals surface area contributed by atoms with E-state index in [2.05, 4.69) is 21.2 Å². The van der Waals surface area contributed by atoms with E-state index in [0.717, 1.165) is 34.6 Å². The normalized spacial score (nSPS) is 13.5. The molecule has 0 fully saturated rings. The zero-order valence-electron chi connectivity index (χ0n) is 11.6. The van der Waals surface area contributed by atoms with Crippen LogP contribution in [0, 0.1) is 0 Å². The van der Waals surface area contributed by atoms with Crippen molar-refractivity contribution in [1.29, 1.82) is 0 Å². The van der Waals surface area contributed by atoms with Crippen LogP contribution in [0.25, 0.3) is 0 Å².